The van der Waals surface area contributed by atoms with Crippen LogP contribution in [0.1, 0.15) is 27.2 Å². The van der Waals surface area contributed by atoms with Crippen molar-refractivity contribution in [3.63, 3.8) is 0 Å². The number of nitrogens with zero attached hydrogens (tertiary/aromatic N) is 1. The summed E-state index contributed by atoms with van der Waals surface area (Å²) in [7, 11) is 2.21. The molecule has 1 aliphatic heterocycles. The molecular formula is C10H22N2. The molecule has 2 atom stereocenters. The van der Waals surface area contributed by atoms with Gasteiger partial charge in [0.05, 0.1) is 0 Å². The summed E-state index contributed by atoms with van der Waals surface area (Å²) in [5.41, 5.74) is 0. The van der Waals surface area contributed by atoms with Crippen LogP contribution in [0.2, 0.25) is 0 Å². The molecule has 1 rings (SSSR count). The van der Waals surface area contributed by atoms with Gasteiger partial charge in [-0.25, -0.2) is 0 Å². The summed E-state index contributed by atoms with van der Waals surface area (Å²) in [6.07, 6.45) is 1.33. The molecule has 2 unspecified atom stereocenters. The predicted molar refractivity (Wildman–Crippen MR) is 53.3 cm³/mol. The Labute approximate surface area is 76.3 Å². The quantitative estimate of drug-likeness (QED) is 0.672. The van der Waals surface area contributed by atoms with E-state index in [0.717, 1.165) is 5.92 Å². The van der Waals surface area contributed by atoms with Gasteiger partial charge in [0.15, 0.2) is 0 Å². The lowest BCUT2D eigenvalue weighted by molar-refractivity contribution is 0.170. The average molecular weight is 170 g/mol. The van der Waals surface area contributed by atoms with Gasteiger partial charge in [-0.1, -0.05) is 20.8 Å². The Morgan fingerprint density at radius 3 is 2.67 bits per heavy atom. The lowest BCUT2D eigenvalue weighted by atomic mass is 9.93. The lowest BCUT2D eigenvalue weighted by Gasteiger charge is -2.36. The summed E-state index contributed by atoms with van der Waals surface area (Å²) in [5, 5.41) is 3.62. The van der Waals surface area contributed by atoms with Crippen LogP contribution >= 0.6 is 0 Å². The highest BCUT2D eigenvalue weighted by Gasteiger charge is 2.23. The molecule has 2 heteroatoms. The third kappa shape index (κ3) is 2.76. The van der Waals surface area contributed by atoms with Gasteiger partial charge in [-0.15, -0.1) is 0 Å². The van der Waals surface area contributed by atoms with E-state index in [1.165, 1.54) is 19.5 Å². The number of nitrogens with one attached hydrogen (secondary N) is 1. The van der Waals surface area contributed by atoms with Crippen molar-refractivity contribution in [2.45, 2.75) is 39.3 Å². The molecule has 1 heterocycles. The first-order chi connectivity index (χ1) is 5.59. The van der Waals surface area contributed by atoms with Crippen molar-refractivity contribution in [3.05, 3.63) is 0 Å². The monoisotopic (exact) mass is 170 g/mol. The molecule has 0 aromatic rings. The van der Waals surface area contributed by atoms with Crippen molar-refractivity contribution in [3.8, 4) is 0 Å². The minimum Gasteiger partial charge on any atom is -0.310 e. The van der Waals surface area contributed by atoms with Crippen LogP contribution in [0.4, 0.5) is 0 Å². The van der Waals surface area contributed by atoms with Crippen LogP contribution in [0.25, 0.3) is 0 Å². The molecule has 1 saturated heterocycles. The summed E-state index contributed by atoms with van der Waals surface area (Å²) in [5.74, 6) is 0.837. The topological polar surface area (TPSA) is 15.3 Å². The first kappa shape index (κ1) is 10.0. The Hall–Kier alpha value is -0.0800. The summed E-state index contributed by atoms with van der Waals surface area (Å²) in [4.78, 5) is 2.42. The molecule has 0 radical (unpaired) electrons. The molecule has 0 spiro atoms. The molecule has 12 heavy (non-hydrogen) atoms. The van der Waals surface area contributed by atoms with Crippen molar-refractivity contribution < 1.29 is 0 Å². The first-order valence-corrected chi connectivity index (χ1v) is 5.04. The minimum absolute atomic E-state index is 0.615. The van der Waals surface area contributed by atoms with Crippen LogP contribution in [0.15, 0.2) is 0 Å². The third-order valence-electron chi connectivity index (χ3n) is 2.71. The van der Waals surface area contributed by atoms with Crippen LogP contribution in [0.3, 0.4) is 0 Å². The number of piperidine rings is 1. The largest absolute Gasteiger partial charge is 0.310 e. The zero-order valence-electron chi connectivity index (χ0n) is 8.80. The molecule has 0 aliphatic carbocycles. The zero-order valence-corrected chi connectivity index (χ0v) is 8.80. The predicted octanol–water partition coefficient (Wildman–Crippen LogP) is 1.32. The molecule has 1 aliphatic rings. The van der Waals surface area contributed by atoms with Crippen molar-refractivity contribution in [1.82, 2.24) is 10.2 Å². The maximum atomic E-state index is 3.62. The summed E-state index contributed by atoms with van der Waals surface area (Å²) in [6.45, 7) is 9.27. The molecule has 0 amide bonds. The summed E-state index contributed by atoms with van der Waals surface area (Å²) in [6, 6.07) is 1.31. The Morgan fingerprint density at radius 2 is 2.08 bits per heavy atom. The fraction of sp³-hybridized carbons (Fsp3) is 1.00. The summed E-state index contributed by atoms with van der Waals surface area (Å²) < 4.78 is 0. The fourth-order valence-electron chi connectivity index (χ4n) is 1.88. The van der Waals surface area contributed by atoms with E-state index in [9.17, 15) is 0 Å². The Morgan fingerprint density at radius 1 is 1.42 bits per heavy atom. The number of rotatable bonds is 2. The van der Waals surface area contributed by atoms with Crippen molar-refractivity contribution in [2.75, 3.05) is 20.1 Å². The Kier molecular flexibility index (Phi) is 3.53. The van der Waals surface area contributed by atoms with Gasteiger partial charge in [-0.05, 0) is 25.9 Å². The zero-order chi connectivity index (χ0) is 9.14. The average Bonchev–Trinajstić information content (AvgIpc) is 1.96. The van der Waals surface area contributed by atoms with Crippen LogP contribution in [0, 0.1) is 5.92 Å². The van der Waals surface area contributed by atoms with Crippen molar-refractivity contribution in [2.24, 2.45) is 5.92 Å². The van der Waals surface area contributed by atoms with Crippen LogP contribution in [-0.2, 0) is 0 Å². The molecule has 72 valence electrons. The second kappa shape index (κ2) is 4.24. The van der Waals surface area contributed by atoms with Crippen LogP contribution < -0.4 is 5.32 Å². The molecule has 0 aromatic carbocycles. The molecule has 2 nitrogen and oxygen atoms in total. The first-order valence-electron chi connectivity index (χ1n) is 5.04. The van der Waals surface area contributed by atoms with E-state index >= 15 is 0 Å². The van der Waals surface area contributed by atoms with E-state index in [2.05, 4.69) is 38.0 Å². The van der Waals surface area contributed by atoms with Gasteiger partial charge in [0.2, 0.25) is 0 Å². The second-order valence-corrected chi connectivity index (χ2v) is 4.46. The Balaban J connectivity index is 2.38. The van der Waals surface area contributed by atoms with Gasteiger partial charge in [0.25, 0.3) is 0 Å². The molecule has 1 fully saturated rings. The van der Waals surface area contributed by atoms with E-state index in [-0.39, 0.29) is 0 Å². The highest BCUT2D eigenvalue weighted by Crippen LogP contribution is 2.15. The van der Waals surface area contributed by atoms with Gasteiger partial charge in [-0.3, -0.25) is 0 Å². The maximum Gasteiger partial charge on any atom is 0.0223 e. The minimum atomic E-state index is 0.615. The number of hydrogen-bond acceptors (Lipinski definition) is 2. The maximum absolute atomic E-state index is 3.62. The van der Waals surface area contributed by atoms with Gasteiger partial charge >= 0.3 is 0 Å². The van der Waals surface area contributed by atoms with Crippen molar-refractivity contribution >= 4 is 0 Å². The molecule has 1 N–H and O–H groups in total. The molecular weight excluding hydrogens is 148 g/mol. The van der Waals surface area contributed by atoms with Crippen molar-refractivity contribution in [1.29, 1.82) is 0 Å². The van der Waals surface area contributed by atoms with E-state index in [1.54, 1.807) is 0 Å². The highest BCUT2D eigenvalue weighted by atomic mass is 15.1. The molecule has 0 saturated carbocycles. The summed E-state index contributed by atoms with van der Waals surface area (Å²) >= 11 is 0. The second-order valence-electron chi connectivity index (χ2n) is 4.46. The fourth-order valence-corrected chi connectivity index (χ4v) is 1.88. The Bertz CT molecular complexity index is 132. The smallest absolute Gasteiger partial charge is 0.0223 e. The van der Waals surface area contributed by atoms with E-state index in [0.29, 0.717) is 12.1 Å². The van der Waals surface area contributed by atoms with Gasteiger partial charge in [0, 0.05) is 18.6 Å². The SMILES string of the molecule is CC(C)NC1CN(C)CCC1C. The standard InChI is InChI=1S/C10H22N2/c1-8(2)11-10-7-12(4)6-5-9(10)3/h8-11H,5-7H2,1-4H3. The van der Waals surface area contributed by atoms with Gasteiger partial charge in [0.1, 0.15) is 0 Å². The highest BCUT2D eigenvalue weighted by molar-refractivity contribution is 4.82. The normalized spacial score (nSPS) is 32.8. The van der Waals surface area contributed by atoms with E-state index in [1.807, 2.05) is 0 Å². The number of likely N-dealkylation sites (tertiary alicyclic amines) is 1. The molecule has 0 bridgehead atoms. The van der Waals surface area contributed by atoms with Gasteiger partial charge in [-0.2, -0.15) is 0 Å². The molecule has 0 aromatic heterocycles. The van der Waals surface area contributed by atoms with Crippen LogP contribution in [0.5, 0.6) is 0 Å². The van der Waals surface area contributed by atoms with Crippen LogP contribution in [-0.4, -0.2) is 37.1 Å². The van der Waals surface area contributed by atoms with E-state index < -0.39 is 0 Å². The van der Waals surface area contributed by atoms with Gasteiger partial charge < -0.3 is 10.2 Å². The number of hydrogen-bond donors (Lipinski definition) is 1. The number of likely N-dealkylation sites (N-methyl/N-ethyl adjacent to an activating group) is 1. The lowest BCUT2D eigenvalue weighted by Crippen LogP contribution is -2.50. The van der Waals surface area contributed by atoms with E-state index in [4.69, 9.17) is 0 Å². The third-order valence-corrected chi connectivity index (χ3v) is 2.71.